The average Bonchev–Trinajstić information content (AvgIpc) is 2.71. The Labute approximate surface area is 179 Å². The van der Waals surface area contributed by atoms with E-state index in [4.69, 9.17) is 4.74 Å². The zero-order valence-electron chi connectivity index (χ0n) is 18.7. The Hall–Kier alpha value is -2.40. The highest BCUT2D eigenvalue weighted by Gasteiger charge is 2.32. The number of carbonyl (C=O) groups excluding carboxylic acids is 1. The first-order chi connectivity index (χ1) is 14.2. The molecule has 1 fully saturated rings. The number of benzene rings is 2. The van der Waals surface area contributed by atoms with Crippen molar-refractivity contribution in [2.45, 2.75) is 59.2 Å². The van der Waals surface area contributed by atoms with Crippen molar-refractivity contribution in [1.82, 2.24) is 9.80 Å². The number of nitrogens with zero attached hydrogens (tertiary/aromatic N) is 2. The Kier molecular flexibility index (Phi) is 7.14. The molecule has 0 spiro atoms. The van der Waals surface area contributed by atoms with Gasteiger partial charge in [-0.05, 0) is 61.6 Å². The van der Waals surface area contributed by atoms with Crippen molar-refractivity contribution >= 4 is 5.91 Å². The Bertz CT molecular complexity index is 866. The maximum absolute atomic E-state index is 13.2. The van der Waals surface area contributed by atoms with E-state index in [-0.39, 0.29) is 30.4 Å². The van der Waals surface area contributed by atoms with Gasteiger partial charge in [-0.1, -0.05) is 38.1 Å². The zero-order chi connectivity index (χ0) is 21.8. The summed E-state index contributed by atoms with van der Waals surface area (Å²) in [6.07, 6.45) is 0. The van der Waals surface area contributed by atoms with Gasteiger partial charge in [-0.25, -0.2) is 4.39 Å². The molecular weight excluding hydrogens is 379 g/mol. The van der Waals surface area contributed by atoms with Crippen LogP contribution in [-0.4, -0.2) is 47.5 Å². The predicted molar refractivity (Wildman–Crippen MR) is 118 cm³/mol. The summed E-state index contributed by atoms with van der Waals surface area (Å²) in [5.74, 6) is 0.999. The number of ether oxygens (including phenoxy) is 1. The summed E-state index contributed by atoms with van der Waals surface area (Å²) in [4.78, 5) is 17.2. The van der Waals surface area contributed by atoms with Gasteiger partial charge in [0.2, 0.25) is 0 Å². The van der Waals surface area contributed by atoms with Crippen molar-refractivity contribution in [1.29, 1.82) is 0 Å². The predicted octanol–water partition coefficient (Wildman–Crippen LogP) is 4.76. The van der Waals surface area contributed by atoms with Gasteiger partial charge in [0.25, 0.3) is 5.91 Å². The van der Waals surface area contributed by atoms with Crippen LogP contribution in [0.25, 0.3) is 0 Å². The molecule has 5 heteroatoms. The third-order valence-electron chi connectivity index (χ3n) is 5.96. The summed E-state index contributed by atoms with van der Waals surface area (Å²) >= 11 is 0. The molecule has 2 atom stereocenters. The van der Waals surface area contributed by atoms with Gasteiger partial charge in [0, 0.05) is 31.7 Å². The molecule has 2 aromatic rings. The number of amides is 1. The fraction of sp³-hybridized carbons (Fsp3) is 0.480. The molecule has 0 N–H and O–H groups in total. The molecular formula is C25H33FN2O2. The van der Waals surface area contributed by atoms with Crippen molar-refractivity contribution in [2.75, 3.05) is 19.7 Å². The van der Waals surface area contributed by atoms with Crippen LogP contribution in [0.5, 0.6) is 5.75 Å². The highest BCUT2D eigenvalue weighted by molar-refractivity contribution is 5.78. The van der Waals surface area contributed by atoms with Crippen LogP contribution in [0.15, 0.2) is 42.5 Å². The molecule has 1 aliphatic rings. The number of carbonyl (C=O) groups is 1. The summed E-state index contributed by atoms with van der Waals surface area (Å²) in [5, 5.41) is 0. The molecule has 1 saturated heterocycles. The van der Waals surface area contributed by atoms with Gasteiger partial charge in [0.05, 0.1) is 0 Å². The lowest BCUT2D eigenvalue weighted by Crippen LogP contribution is -2.58. The molecule has 162 valence electrons. The fourth-order valence-electron chi connectivity index (χ4n) is 3.94. The van der Waals surface area contributed by atoms with E-state index in [0.717, 1.165) is 30.0 Å². The molecule has 30 heavy (non-hydrogen) atoms. The molecule has 4 nitrogen and oxygen atoms in total. The highest BCUT2D eigenvalue weighted by atomic mass is 19.1. The van der Waals surface area contributed by atoms with E-state index in [1.807, 2.05) is 36.1 Å². The van der Waals surface area contributed by atoms with Gasteiger partial charge in [-0.15, -0.1) is 0 Å². The standard InChI is InChI=1S/C25H33FN2O2/c1-17(2)22-9-6-18(3)24(12-22)30-16-25(29)28-14-19(4)27(13-20(28)5)15-21-7-10-23(26)11-8-21/h6-12,17,19-20H,13-16H2,1-5H3/t19-,20+/m1/s1. The van der Waals surface area contributed by atoms with Gasteiger partial charge in [-0.3, -0.25) is 9.69 Å². The van der Waals surface area contributed by atoms with Gasteiger partial charge >= 0.3 is 0 Å². The summed E-state index contributed by atoms with van der Waals surface area (Å²) in [5.41, 5.74) is 3.33. The molecule has 3 rings (SSSR count). The van der Waals surface area contributed by atoms with Crippen LogP contribution < -0.4 is 4.74 Å². The number of rotatable bonds is 6. The van der Waals surface area contributed by atoms with Gasteiger partial charge < -0.3 is 9.64 Å². The van der Waals surface area contributed by atoms with E-state index in [1.165, 1.54) is 17.7 Å². The lowest BCUT2D eigenvalue weighted by Gasteiger charge is -2.44. The molecule has 1 heterocycles. The largest absolute Gasteiger partial charge is 0.483 e. The highest BCUT2D eigenvalue weighted by Crippen LogP contribution is 2.25. The van der Waals surface area contributed by atoms with Crippen molar-refractivity contribution in [3.05, 3.63) is 65.0 Å². The van der Waals surface area contributed by atoms with Crippen LogP contribution in [0.4, 0.5) is 4.39 Å². The van der Waals surface area contributed by atoms with E-state index in [1.54, 1.807) is 0 Å². The van der Waals surface area contributed by atoms with Crippen LogP contribution in [0.2, 0.25) is 0 Å². The molecule has 0 saturated carbocycles. The monoisotopic (exact) mass is 412 g/mol. The first-order valence-electron chi connectivity index (χ1n) is 10.8. The lowest BCUT2D eigenvalue weighted by atomic mass is 10.0. The second-order valence-corrected chi connectivity index (χ2v) is 8.77. The first-order valence-corrected chi connectivity index (χ1v) is 10.8. The molecule has 1 amide bonds. The summed E-state index contributed by atoms with van der Waals surface area (Å²) in [6, 6.07) is 13.2. The van der Waals surface area contributed by atoms with Crippen molar-refractivity contribution in [3.63, 3.8) is 0 Å². The summed E-state index contributed by atoms with van der Waals surface area (Å²) in [7, 11) is 0. The third-order valence-corrected chi connectivity index (χ3v) is 5.96. The zero-order valence-corrected chi connectivity index (χ0v) is 18.7. The maximum Gasteiger partial charge on any atom is 0.260 e. The second-order valence-electron chi connectivity index (χ2n) is 8.77. The summed E-state index contributed by atoms with van der Waals surface area (Å²) in [6.45, 7) is 12.8. The van der Waals surface area contributed by atoms with E-state index in [9.17, 15) is 9.18 Å². The second kappa shape index (κ2) is 9.61. The number of hydrogen-bond acceptors (Lipinski definition) is 3. The van der Waals surface area contributed by atoms with Crippen LogP contribution >= 0.6 is 0 Å². The van der Waals surface area contributed by atoms with Crippen molar-refractivity contribution < 1.29 is 13.9 Å². The molecule has 1 aliphatic heterocycles. The van der Waals surface area contributed by atoms with Gasteiger partial charge in [-0.2, -0.15) is 0 Å². The smallest absolute Gasteiger partial charge is 0.260 e. The van der Waals surface area contributed by atoms with Crippen molar-refractivity contribution in [2.24, 2.45) is 0 Å². The Balaban J connectivity index is 1.58. The van der Waals surface area contributed by atoms with Crippen LogP contribution in [0.1, 0.15) is 50.3 Å². The third kappa shape index (κ3) is 5.39. The van der Waals surface area contributed by atoms with Gasteiger partial charge in [0.15, 0.2) is 6.61 Å². The molecule has 0 aliphatic carbocycles. The quantitative estimate of drug-likeness (QED) is 0.686. The number of aryl methyl sites for hydroxylation is 1. The Morgan fingerprint density at radius 2 is 1.80 bits per heavy atom. The normalized spacial score (nSPS) is 19.9. The minimum atomic E-state index is -0.218. The van der Waals surface area contributed by atoms with Gasteiger partial charge in [0.1, 0.15) is 11.6 Å². The lowest BCUT2D eigenvalue weighted by molar-refractivity contribution is -0.139. The SMILES string of the molecule is Cc1ccc(C(C)C)cc1OCC(=O)N1C[C@@H](C)N(Cc2ccc(F)cc2)C[C@@H]1C. The molecule has 2 aromatic carbocycles. The topological polar surface area (TPSA) is 32.8 Å². The van der Waals surface area contributed by atoms with Crippen LogP contribution in [0, 0.1) is 12.7 Å². The maximum atomic E-state index is 13.2. The average molecular weight is 413 g/mol. The number of piperazine rings is 1. The van der Waals surface area contributed by atoms with Crippen LogP contribution in [0.3, 0.4) is 0 Å². The Morgan fingerprint density at radius 3 is 2.47 bits per heavy atom. The fourth-order valence-corrected chi connectivity index (χ4v) is 3.94. The number of hydrogen-bond donors (Lipinski definition) is 0. The first kappa shape index (κ1) is 22.3. The molecule has 0 unspecified atom stereocenters. The molecule has 0 bridgehead atoms. The summed E-state index contributed by atoms with van der Waals surface area (Å²) < 4.78 is 19.1. The minimum Gasteiger partial charge on any atom is -0.483 e. The number of halogens is 1. The van der Waals surface area contributed by atoms with E-state index in [0.29, 0.717) is 12.5 Å². The van der Waals surface area contributed by atoms with E-state index >= 15 is 0 Å². The molecule has 0 aromatic heterocycles. The minimum absolute atomic E-state index is 0.0186. The van der Waals surface area contributed by atoms with E-state index < -0.39 is 0 Å². The Morgan fingerprint density at radius 1 is 1.10 bits per heavy atom. The van der Waals surface area contributed by atoms with E-state index in [2.05, 4.69) is 38.7 Å². The molecule has 0 radical (unpaired) electrons. The van der Waals surface area contributed by atoms with Crippen LogP contribution in [-0.2, 0) is 11.3 Å². The van der Waals surface area contributed by atoms with Crippen molar-refractivity contribution in [3.8, 4) is 5.75 Å².